The Morgan fingerprint density at radius 1 is 1.29 bits per heavy atom. The van der Waals surface area contributed by atoms with E-state index in [0.717, 1.165) is 5.03 Å². The van der Waals surface area contributed by atoms with Crippen LogP contribution in [0.1, 0.15) is 18.0 Å². The van der Waals surface area contributed by atoms with Gasteiger partial charge < -0.3 is 10.4 Å². The molecule has 0 aliphatic rings. The first-order chi connectivity index (χ1) is 11.6. The van der Waals surface area contributed by atoms with Crippen molar-refractivity contribution in [1.82, 2.24) is 10.3 Å². The molecule has 1 aromatic heterocycles. The van der Waals surface area contributed by atoms with Crippen LogP contribution in [0.5, 0.6) is 0 Å². The van der Waals surface area contributed by atoms with Crippen LogP contribution in [0.25, 0.3) is 0 Å². The minimum atomic E-state index is -1.12. The third-order valence-electron chi connectivity index (χ3n) is 3.08. The molecule has 0 radical (unpaired) electrons. The Hall–Kier alpha value is -2.26. The molecule has 0 saturated carbocycles. The molecule has 0 aliphatic heterocycles. The number of amides is 1. The summed E-state index contributed by atoms with van der Waals surface area (Å²) in [6.45, 7) is 0. The summed E-state index contributed by atoms with van der Waals surface area (Å²) in [6, 6.07) is 11.1. The third-order valence-corrected chi connectivity index (χ3v) is 5.37. The number of non-ortho nitro benzene ring substituents is 1. The van der Waals surface area contributed by atoms with Crippen molar-refractivity contribution in [1.29, 1.82) is 0 Å². The van der Waals surface area contributed by atoms with E-state index in [1.165, 1.54) is 22.9 Å². The van der Waals surface area contributed by atoms with E-state index in [1.54, 1.807) is 29.1 Å². The molecule has 1 unspecified atom stereocenters. The van der Waals surface area contributed by atoms with Gasteiger partial charge in [-0.05, 0) is 34.9 Å². The van der Waals surface area contributed by atoms with Gasteiger partial charge in [0.15, 0.2) is 0 Å². The molecule has 2 aromatic rings. The van der Waals surface area contributed by atoms with Crippen LogP contribution in [-0.2, 0) is 0 Å². The summed E-state index contributed by atoms with van der Waals surface area (Å²) in [6.07, 6.45) is 1.16. The van der Waals surface area contributed by atoms with Crippen LogP contribution in [0.4, 0.5) is 10.5 Å². The summed E-state index contributed by atoms with van der Waals surface area (Å²) in [7, 11) is 3.10. The molecular formula is C15H15N3O4S2. The second kappa shape index (κ2) is 9.14. The van der Waals surface area contributed by atoms with Crippen molar-refractivity contribution in [3.05, 3.63) is 64.3 Å². The normalized spacial score (nSPS) is 11.7. The van der Waals surface area contributed by atoms with Crippen LogP contribution in [0.15, 0.2) is 53.7 Å². The number of hydrogen-bond donors (Lipinski definition) is 2. The number of aromatic nitrogens is 1. The summed E-state index contributed by atoms with van der Waals surface area (Å²) < 4.78 is 0. The molecule has 126 valence electrons. The Kier molecular flexibility index (Phi) is 6.89. The van der Waals surface area contributed by atoms with Gasteiger partial charge >= 0.3 is 6.09 Å². The van der Waals surface area contributed by atoms with E-state index >= 15 is 0 Å². The summed E-state index contributed by atoms with van der Waals surface area (Å²) >= 11 is 0. The topological polar surface area (TPSA) is 105 Å². The molecule has 0 bridgehead atoms. The average Bonchev–Trinajstić information content (AvgIpc) is 2.58. The van der Waals surface area contributed by atoms with Gasteiger partial charge in [0.1, 0.15) is 5.03 Å². The maximum atomic E-state index is 11.0. The molecule has 9 heteroatoms. The molecule has 1 aromatic carbocycles. The van der Waals surface area contributed by atoms with Crippen LogP contribution in [0, 0.1) is 10.1 Å². The summed E-state index contributed by atoms with van der Waals surface area (Å²) in [4.78, 5) is 25.4. The van der Waals surface area contributed by atoms with E-state index in [2.05, 4.69) is 10.3 Å². The Morgan fingerprint density at radius 2 is 2.04 bits per heavy atom. The predicted octanol–water partition coefficient (Wildman–Crippen LogP) is 4.13. The number of nitrogens with zero attached hydrogens (tertiary/aromatic N) is 2. The minimum absolute atomic E-state index is 0.0205. The molecule has 0 saturated heterocycles. The van der Waals surface area contributed by atoms with Crippen LogP contribution < -0.4 is 5.32 Å². The summed E-state index contributed by atoms with van der Waals surface area (Å²) in [5.41, 5.74) is 0.680. The Labute approximate surface area is 146 Å². The molecule has 7 nitrogen and oxygen atoms in total. The van der Waals surface area contributed by atoms with Gasteiger partial charge in [0.05, 0.1) is 11.0 Å². The van der Waals surface area contributed by atoms with E-state index < -0.39 is 17.1 Å². The van der Waals surface area contributed by atoms with Crippen LogP contribution in [-0.4, -0.2) is 26.9 Å². The molecule has 1 amide bonds. The van der Waals surface area contributed by atoms with E-state index in [-0.39, 0.29) is 5.69 Å². The van der Waals surface area contributed by atoms with Gasteiger partial charge in [0, 0.05) is 24.1 Å². The van der Waals surface area contributed by atoms with Gasteiger partial charge in [-0.2, -0.15) is 0 Å². The Balaban J connectivity index is 1.92. The molecular weight excluding hydrogens is 350 g/mol. The predicted molar refractivity (Wildman–Crippen MR) is 94.2 cm³/mol. The monoisotopic (exact) mass is 365 g/mol. The van der Waals surface area contributed by atoms with Crippen LogP contribution >= 0.6 is 21.6 Å². The standard InChI is InChI=1S/C15H15N3O4S2/c19-15(20)17-13(11-4-6-12(7-5-11)18(21)22)8-10-23-24-14-3-1-2-9-16-14/h1-7,9,13,17H,8,10H2,(H,19,20). The Bertz CT molecular complexity index is 683. The molecule has 24 heavy (non-hydrogen) atoms. The van der Waals surface area contributed by atoms with E-state index in [9.17, 15) is 14.9 Å². The van der Waals surface area contributed by atoms with Gasteiger partial charge in [-0.25, -0.2) is 9.78 Å². The molecule has 1 heterocycles. The highest BCUT2D eigenvalue weighted by molar-refractivity contribution is 8.76. The number of rotatable bonds is 8. The number of carboxylic acid groups (broad SMARTS) is 1. The molecule has 2 rings (SSSR count). The fourth-order valence-corrected chi connectivity index (χ4v) is 3.93. The van der Waals surface area contributed by atoms with E-state index in [4.69, 9.17) is 5.11 Å². The molecule has 1 atom stereocenters. The lowest BCUT2D eigenvalue weighted by atomic mass is 10.0. The quantitative estimate of drug-likeness (QED) is 0.313. The molecule has 2 N–H and O–H groups in total. The average molecular weight is 365 g/mol. The van der Waals surface area contributed by atoms with E-state index in [1.807, 2.05) is 18.2 Å². The maximum Gasteiger partial charge on any atom is 0.405 e. The molecule has 0 aliphatic carbocycles. The zero-order valence-electron chi connectivity index (χ0n) is 12.5. The Morgan fingerprint density at radius 3 is 2.62 bits per heavy atom. The van der Waals surface area contributed by atoms with Gasteiger partial charge in [-0.3, -0.25) is 10.1 Å². The SMILES string of the molecule is O=C(O)NC(CCSSc1ccccn1)c1ccc([N+](=O)[O-])cc1. The first-order valence-electron chi connectivity index (χ1n) is 7.00. The van der Waals surface area contributed by atoms with Crippen molar-refractivity contribution in [2.24, 2.45) is 0 Å². The van der Waals surface area contributed by atoms with Crippen molar-refractivity contribution in [2.45, 2.75) is 17.5 Å². The van der Waals surface area contributed by atoms with E-state index in [0.29, 0.717) is 17.7 Å². The van der Waals surface area contributed by atoms with Crippen LogP contribution in [0.2, 0.25) is 0 Å². The first-order valence-corrected chi connectivity index (χ1v) is 9.32. The first kappa shape index (κ1) is 18.1. The summed E-state index contributed by atoms with van der Waals surface area (Å²) in [5, 5.41) is 23.0. The van der Waals surface area contributed by atoms with Gasteiger partial charge in [-0.15, -0.1) is 0 Å². The number of nitro benzene ring substituents is 1. The number of nitrogens with one attached hydrogen (secondary N) is 1. The number of pyridine rings is 1. The molecule has 0 spiro atoms. The van der Waals surface area contributed by atoms with Gasteiger partial charge in [0.25, 0.3) is 5.69 Å². The highest BCUT2D eigenvalue weighted by Crippen LogP contribution is 2.31. The molecule has 0 fully saturated rings. The minimum Gasteiger partial charge on any atom is -0.465 e. The smallest absolute Gasteiger partial charge is 0.405 e. The van der Waals surface area contributed by atoms with Crippen LogP contribution in [0.3, 0.4) is 0 Å². The van der Waals surface area contributed by atoms with Crippen molar-refractivity contribution in [2.75, 3.05) is 5.75 Å². The number of carbonyl (C=O) groups is 1. The number of benzene rings is 1. The second-order valence-corrected chi connectivity index (χ2v) is 7.15. The zero-order valence-corrected chi connectivity index (χ0v) is 14.1. The lowest BCUT2D eigenvalue weighted by Crippen LogP contribution is -2.27. The number of hydrogen-bond acceptors (Lipinski definition) is 6. The van der Waals surface area contributed by atoms with Crippen molar-refractivity contribution < 1.29 is 14.8 Å². The summed E-state index contributed by atoms with van der Waals surface area (Å²) in [5.74, 6) is 0.698. The lowest BCUT2D eigenvalue weighted by molar-refractivity contribution is -0.384. The number of nitro groups is 1. The fourth-order valence-electron chi connectivity index (χ4n) is 1.96. The van der Waals surface area contributed by atoms with Crippen molar-refractivity contribution in [3.63, 3.8) is 0 Å². The van der Waals surface area contributed by atoms with Gasteiger partial charge in [0.2, 0.25) is 0 Å². The maximum absolute atomic E-state index is 11.0. The highest BCUT2D eigenvalue weighted by atomic mass is 33.1. The lowest BCUT2D eigenvalue weighted by Gasteiger charge is -2.16. The largest absolute Gasteiger partial charge is 0.465 e. The second-order valence-electron chi connectivity index (χ2n) is 4.71. The van der Waals surface area contributed by atoms with Crippen molar-refractivity contribution in [3.8, 4) is 0 Å². The van der Waals surface area contributed by atoms with Gasteiger partial charge in [-0.1, -0.05) is 29.0 Å². The third kappa shape index (κ3) is 5.74. The zero-order chi connectivity index (χ0) is 17.4. The highest BCUT2D eigenvalue weighted by Gasteiger charge is 2.15. The van der Waals surface area contributed by atoms with Crippen molar-refractivity contribution >= 4 is 33.4 Å². The fraction of sp³-hybridized carbons (Fsp3) is 0.200.